The van der Waals surface area contributed by atoms with E-state index in [9.17, 15) is 0 Å². The molecule has 0 amide bonds. The van der Waals surface area contributed by atoms with Crippen LogP contribution in [0.1, 0.15) is 46.9 Å². The fourth-order valence-corrected chi connectivity index (χ4v) is 3.66. The van der Waals surface area contributed by atoms with Gasteiger partial charge in [0.25, 0.3) is 0 Å². The van der Waals surface area contributed by atoms with Gasteiger partial charge in [-0.15, -0.1) is 0 Å². The van der Waals surface area contributed by atoms with Crippen LogP contribution < -0.4 is 0 Å². The summed E-state index contributed by atoms with van der Waals surface area (Å²) >= 11 is 3.80. The molecule has 0 saturated heterocycles. The summed E-state index contributed by atoms with van der Waals surface area (Å²) in [6.45, 7) is 0.859. The molecule has 0 saturated carbocycles. The minimum atomic E-state index is 0.283. The highest BCUT2D eigenvalue weighted by atomic mass is 79.9. The fourth-order valence-electron chi connectivity index (χ4n) is 3.03. The zero-order valence-corrected chi connectivity index (χ0v) is 13.8. The summed E-state index contributed by atoms with van der Waals surface area (Å²) in [5.41, 5.74) is 4.23. The van der Waals surface area contributed by atoms with E-state index in [1.54, 1.807) is 0 Å². The van der Waals surface area contributed by atoms with Crippen molar-refractivity contribution in [2.24, 2.45) is 0 Å². The monoisotopic (exact) mass is 344 g/mol. The zero-order valence-electron chi connectivity index (χ0n) is 12.2. The zero-order chi connectivity index (χ0) is 14.5. The van der Waals surface area contributed by atoms with Crippen molar-refractivity contribution < 1.29 is 4.74 Å². The Bertz CT molecular complexity index is 567. The maximum atomic E-state index is 5.98. The van der Waals surface area contributed by atoms with Crippen molar-refractivity contribution in [2.75, 3.05) is 6.61 Å². The molecule has 0 fully saturated rings. The standard InChI is InChI=1S/C19H21BrO/c20-18(16-8-2-1-3-9-16)11-6-12-19-17-10-5-4-7-15(17)13-14-21-19/h1-5,7-10,18-19H,6,11-14H2. The van der Waals surface area contributed by atoms with Gasteiger partial charge in [0.1, 0.15) is 0 Å². The Labute approximate surface area is 135 Å². The minimum absolute atomic E-state index is 0.283. The van der Waals surface area contributed by atoms with Gasteiger partial charge < -0.3 is 4.74 Å². The maximum absolute atomic E-state index is 5.98. The summed E-state index contributed by atoms with van der Waals surface area (Å²) in [5, 5.41) is 0. The predicted octanol–water partition coefficient (Wildman–Crippen LogP) is 5.61. The Kier molecular flexibility index (Phi) is 5.10. The average molecular weight is 345 g/mol. The number of hydrogen-bond acceptors (Lipinski definition) is 1. The fraction of sp³-hybridized carbons (Fsp3) is 0.368. The second-order valence-electron chi connectivity index (χ2n) is 5.62. The molecule has 21 heavy (non-hydrogen) atoms. The lowest BCUT2D eigenvalue weighted by Gasteiger charge is -2.26. The second-order valence-corrected chi connectivity index (χ2v) is 6.72. The molecule has 0 N–H and O–H groups in total. The summed E-state index contributed by atoms with van der Waals surface area (Å²) in [6, 6.07) is 19.4. The van der Waals surface area contributed by atoms with E-state index in [0.717, 1.165) is 25.9 Å². The molecule has 110 valence electrons. The molecule has 2 atom stereocenters. The SMILES string of the molecule is BrC(CCCC1OCCc2ccccc21)c1ccccc1. The van der Waals surface area contributed by atoms with Gasteiger partial charge in [0, 0.05) is 4.83 Å². The Morgan fingerprint density at radius 3 is 2.67 bits per heavy atom. The molecule has 1 aliphatic rings. The maximum Gasteiger partial charge on any atom is 0.0827 e. The highest BCUT2D eigenvalue weighted by molar-refractivity contribution is 9.09. The first-order chi connectivity index (χ1) is 10.3. The van der Waals surface area contributed by atoms with E-state index in [0.29, 0.717) is 4.83 Å². The molecular weight excluding hydrogens is 324 g/mol. The Hall–Kier alpha value is -1.12. The third kappa shape index (κ3) is 3.75. The molecule has 0 aromatic heterocycles. The Morgan fingerprint density at radius 2 is 1.81 bits per heavy atom. The molecule has 2 heteroatoms. The van der Waals surface area contributed by atoms with Crippen LogP contribution >= 0.6 is 15.9 Å². The van der Waals surface area contributed by atoms with E-state index >= 15 is 0 Å². The van der Waals surface area contributed by atoms with Crippen LogP contribution in [0.4, 0.5) is 0 Å². The largest absolute Gasteiger partial charge is 0.373 e. The Balaban J connectivity index is 1.55. The quantitative estimate of drug-likeness (QED) is 0.640. The number of hydrogen-bond donors (Lipinski definition) is 0. The van der Waals surface area contributed by atoms with Gasteiger partial charge in [0.15, 0.2) is 0 Å². The lowest BCUT2D eigenvalue weighted by Crippen LogP contribution is -2.16. The first kappa shape index (κ1) is 14.8. The van der Waals surface area contributed by atoms with Crippen molar-refractivity contribution in [3.05, 3.63) is 71.3 Å². The van der Waals surface area contributed by atoms with Crippen molar-refractivity contribution in [2.45, 2.75) is 36.6 Å². The molecule has 0 spiro atoms. The van der Waals surface area contributed by atoms with Crippen molar-refractivity contribution >= 4 is 15.9 Å². The molecule has 1 heterocycles. The summed E-state index contributed by atoms with van der Waals surface area (Å²) in [5.74, 6) is 0. The van der Waals surface area contributed by atoms with Crippen LogP contribution in [0.3, 0.4) is 0 Å². The van der Waals surface area contributed by atoms with Gasteiger partial charge in [-0.1, -0.05) is 70.5 Å². The van der Waals surface area contributed by atoms with Gasteiger partial charge in [-0.2, -0.15) is 0 Å². The summed E-state index contributed by atoms with van der Waals surface area (Å²) in [4.78, 5) is 0.442. The first-order valence-electron chi connectivity index (χ1n) is 7.73. The molecule has 1 aliphatic heterocycles. The van der Waals surface area contributed by atoms with Crippen LogP contribution in [0.15, 0.2) is 54.6 Å². The highest BCUT2D eigenvalue weighted by Crippen LogP contribution is 2.34. The number of benzene rings is 2. The van der Waals surface area contributed by atoms with Crippen LogP contribution in [-0.4, -0.2) is 6.61 Å². The topological polar surface area (TPSA) is 9.23 Å². The third-order valence-electron chi connectivity index (χ3n) is 4.18. The number of fused-ring (bicyclic) bond motifs is 1. The molecule has 0 radical (unpaired) electrons. The van der Waals surface area contributed by atoms with Gasteiger partial charge in [0.2, 0.25) is 0 Å². The van der Waals surface area contributed by atoms with Crippen LogP contribution in [0.5, 0.6) is 0 Å². The van der Waals surface area contributed by atoms with Gasteiger partial charge >= 0.3 is 0 Å². The normalized spacial score (nSPS) is 19.0. The second kappa shape index (κ2) is 7.24. The van der Waals surface area contributed by atoms with Crippen molar-refractivity contribution in [3.8, 4) is 0 Å². The molecule has 3 rings (SSSR count). The van der Waals surface area contributed by atoms with Crippen molar-refractivity contribution in [1.82, 2.24) is 0 Å². The van der Waals surface area contributed by atoms with Gasteiger partial charge in [0.05, 0.1) is 12.7 Å². The van der Waals surface area contributed by atoms with E-state index in [4.69, 9.17) is 4.74 Å². The van der Waals surface area contributed by atoms with E-state index in [2.05, 4.69) is 70.5 Å². The van der Waals surface area contributed by atoms with Crippen LogP contribution in [0.2, 0.25) is 0 Å². The van der Waals surface area contributed by atoms with Gasteiger partial charge in [-0.25, -0.2) is 0 Å². The lowest BCUT2D eigenvalue weighted by atomic mass is 9.94. The number of halogens is 1. The van der Waals surface area contributed by atoms with Crippen molar-refractivity contribution in [1.29, 1.82) is 0 Å². The van der Waals surface area contributed by atoms with E-state index < -0.39 is 0 Å². The van der Waals surface area contributed by atoms with E-state index in [-0.39, 0.29) is 6.10 Å². The minimum Gasteiger partial charge on any atom is -0.373 e. The molecule has 0 bridgehead atoms. The van der Waals surface area contributed by atoms with Crippen molar-refractivity contribution in [3.63, 3.8) is 0 Å². The lowest BCUT2D eigenvalue weighted by molar-refractivity contribution is 0.0349. The smallest absolute Gasteiger partial charge is 0.0827 e. The number of rotatable bonds is 5. The average Bonchev–Trinajstić information content (AvgIpc) is 2.56. The Morgan fingerprint density at radius 1 is 1.05 bits per heavy atom. The predicted molar refractivity (Wildman–Crippen MR) is 90.8 cm³/mol. The molecule has 0 aliphatic carbocycles. The van der Waals surface area contributed by atoms with Gasteiger partial charge in [-0.3, -0.25) is 0 Å². The highest BCUT2D eigenvalue weighted by Gasteiger charge is 2.20. The van der Waals surface area contributed by atoms with E-state index in [1.165, 1.54) is 23.1 Å². The molecule has 1 nitrogen and oxygen atoms in total. The van der Waals surface area contributed by atoms with Crippen LogP contribution in [0, 0.1) is 0 Å². The molecular formula is C19H21BrO. The first-order valence-corrected chi connectivity index (χ1v) is 8.64. The number of alkyl halides is 1. The van der Waals surface area contributed by atoms with Gasteiger partial charge in [-0.05, 0) is 42.4 Å². The molecule has 2 unspecified atom stereocenters. The summed E-state index contributed by atoms with van der Waals surface area (Å²) in [6.07, 6.45) is 4.75. The summed E-state index contributed by atoms with van der Waals surface area (Å²) in [7, 11) is 0. The third-order valence-corrected chi connectivity index (χ3v) is 5.16. The van der Waals surface area contributed by atoms with Crippen LogP contribution in [-0.2, 0) is 11.2 Å². The van der Waals surface area contributed by atoms with Crippen LogP contribution in [0.25, 0.3) is 0 Å². The van der Waals surface area contributed by atoms with E-state index in [1.807, 2.05) is 0 Å². The number of ether oxygens (including phenoxy) is 1. The molecule has 2 aromatic carbocycles. The summed E-state index contributed by atoms with van der Waals surface area (Å²) < 4.78 is 5.98. The molecule has 2 aromatic rings.